The number of carbonyl (C=O) groups excluding carboxylic acids is 1. The number of hydrogen-bond acceptors (Lipinski definition) is 1. The van der Waals surface area contributed by atoms with Gasteiger partial charge in [-0.15, -0.1) is 0 Å². The zero-order valence-electron chi connectivity index (χ0n) is 7.63. The lowest BCUT2D eigenvalue weighted by atomic mass is 9.92. The highest BCUT2D eigenvalue weighted by Crippen LogP contribution is 2.22. The van der Waals surface area contributed by atoms with E-state index in [1.807, 2.05) is 4.90 Å². The molecule has 64 valence electrons. The first-order chi connectivity index (χ1) is 5.13. The summed E-state index contributed by atoms with van der Waals surface area (Å²) in [5, 5.41) is 0. The molecule has 1 heterocycles. The molecule has 0 bridgehead atoms. The molecule has 1 aliphatic rings. The molecule has 0 aromatic heterocycles. The third kappa shape index (κ3) is 1.73. The number of rotatable bonds is 0. The van der Waals surface area contributed by atoms with E-state index in [0.717, 1.165) is 6.54 Å². The first kappa shape index (κ1) is 8.57. The van der Waals surface area contributed by atoms with E-state index in [4.69, 9.17) is 0 Å². The monoisotopic (exact) mass is 155 g/mol. The summed E-state index contributed by atoms with van der Waals surface area (Å²) in [5.74, 6) is 0.900. The molecule has 1 rings (SSSR count). The molecule has 1 saturated heterocycles. The quantitative estimate of drug-likeness (QED) is 0.521. The lowest BCUT2D eigenvalue weighted by molar-refractivity contribution is -0.133. The molecule has 0 saturated carbocycles. The highest BCUT2D eigenvalue weighted by Gasteiger charge is 2.25. The maximum Gasteiger partial charge on any atom is 0.219 e. The van der Waals surface area contributed by atoms with Crippen molar-refractivity contribution in [1.29, 1.82) is 0 Å². The second-order valence-corrected chi connectivity index (χ2v) is 3.57. The average molecular weight is 155 g/mol. The van der Waals surface area contributed by atoms with Crippen molar-refractivity contribution in [1.82, 2.24) is 4.90 Å². The molecular formula is C9H17NO. The highest BCUT2D eigenvalue weighted by atomic mass is 16.2. The van der Waals surface area contributed by atoms with Crippen molar-refractivity contribution >= 4 is 5.91 Å². The maximum absolute atomic E-state index is 11.1. The van der Waals surface area contributed by atoms with E-state index in [2.05, 4.69) is 13.8 Å². The molecule has 2 unspecified atom stereocenters. The van der Waals surface area contributed by atoms with E-state index in [1.54, 1.807) is 6.92 Å². The lowest BCUT2D eigenvalue weighted by Crippen LogP contribution is -2.44. The predicted molar refractivity (Wildman–Crippen MR) is 45.2 cm³/mol. The summed E-state index contributed by atoms with van der Waals surface area (Å²) in [5.41, 5.74) is 0. The van der Waals surface area contributed by atoms with Gasteiger partial charge in [0.1, 0.15) is 0 Å². The predicted octanol–water partition coefficient (Wildman–Crippen LogP) is 1.65. The van der Waals surface area contributed by atoms with Crippen LogP contribution in [0.1, 0.15) is 33.6 Å². The van der Waals surface area contributed by atoms with Gasteiger partial charge in [0.25, 0.3) is 0 Å². The second-order valence-electron chi connectivity index (χ2n) is 3.57. The molecule has 2 nitrogen and oxygen atoms in total. The third-order valence-corrected chi connectivity index (χ3v) is 2.78. The molecule has 0 aliphatic carbocycles. The van der Waals surface area contributed by atoms with Crippen molar-refractivity contribution < 1.29 is 4.79 Å². The Morgan fingerprint density at radius 1 is 1.45 bits per heavy atom. The van der Waals surface area contributed by atoms with Gasteiger partial charge >= 0.3 is 0 Å². The summed E-state index contributed by atoms with van der Waals surface area (Å²) in [7, 11) is 0. The number of piperidine rings is 1. The van der Waals surface area contributed by atoms with E-state index >= 15 is 0 Å². The summed E-state index contributed by atoms with van der Waals surface area (Å²) >= 11 is 0. The lowest BCUT2D eigenvalue weighted by Gasteiger charge is -2.37. The van der Waals surface area contributed by atoms with Crippen LogP contribution in [0.5, 0.6) is 0 Å². The van der Waals surface area contributed by atoms with Crippen LogP contribution in [0.2, 0.25) is 0 Å². The van der Waals surface area contributed by atoms with Crippen LogP contribution in [-0.2, 0) is 4.79 Å². The molecule has 0 aromatic carbocycles. The standard InChI is InChI=1S/C9H17NO/c1-7-5-4-6-10(8(7)2)9(3)11/h7-8H,4-6H2,1-3H3. The molecular weight excluding hydrogens is 138 g/mol. The minimum Gasteiger partial charge on any atom is -0.340 e. The largest absolute Gasteiger partial charge is 0.340 e. The molecule has 1 aliphatic heterocycles. The smallest absolute Gasteiger partial charge is 0.219 e. The summed E-state index contributed by atoms with van der Waals surface area (Å²) in [4.78, 5) is 13.1. The van der Waals surface area contributed by atoms with Gasteiger partial charge in [0.15, 0.2) is 0 Å². The van der Waals surface area contributed by atoms with Gasteiger partial charge in [-0.05, 0) is 25.7 Å². The van der Waals surface area contributed by atoms with Crippen molar-refractivity contribution in [3.63, 3.8) is 0 Å². The summed E-state index contributed by atoms with van der Waals surface area (Å²) < 4.78 is 0. The zero-order valence-corrected chi connectivity index (χ0v) is 7.63. The molecule has 0 N–H and O–H groups in total. The van der Waals surface area contributed by atoms with Crippen LogP contribution in [0.25, 0.3) is 0 Å². The van der Waals surface area contributed by atoms with Crippen LogP contribution >= 0.6 is 0 Å². The van der Waals surface area contributed by atoms with Gasteiger partial charge in [-0.25, -0.2) is 0 Å². The Hall–Kier alpha value is -0.530. The Bertz CT molecular complexity index is 156. The Labute approximate surface area is 68.6 Å². The van der Waals surface area contributed by atoms with Gasteiger partial charge < -0.3 is 4.90 Å². The maximum atomic E-state index is 11.1. The summed E-state index contributed by atoms with van der Waals surface area (Å²) in [6.45, 7) is 6.99. The number of hydrogen-bond donors (Lipinski definition) is 0. The SMILES string of the molecule is CC(=O)N1CCCC(C)C1C. The van der Waals surface area contributed by atoms with Crippen LogP contribution in [0.3, 0.4) is 0 Å². The minimum atomic E-state index is 0.226. The van der Waals surface area contributed by atoms with Crippen molar-refractivity contribution in [2.45, 2.75) is 39.7 Å². The molecule has 1 amide bonds. The third-order valence-electron chi connectivity index (χ3n) is 2.78. The van der Waals surface area contributed by atoms with Gasteiger partial charge in [0.05, 0.1) is 0 Å². The fraction of sp³-hybridized carbons (Fsp3) is 0.889. The van der Waals surface area contributed by atoms with E-state index in [1.165, 1.54) is 12.8 Å². The fourth-order valence-corrected chi connectivity index (χ4v) is 1.78. The normalized spacial score (nSPS) is 32.1. The van der Waals surface area contributed by atoms with Crippen LogP contribution in [0.4, 0.5) is 0 Å². The van der Waals surface area contributed by atoms with Gasteiger partial charge in [-0.2, -0.15) is 0 Å². The van der Waals surface area contributed by atoms with E-state index in [-0.39, 0.29) is 5.91 Å². The van der Waals surface area contributed by atoms with Crippen LogP contribution < -0.4 is 0 Å². The van der Waals surface area contributed by atoms with Crippen LogP contribution in [0.15, 0.2) is 0 Å². The molecule has 11 heavy (non-hydrogen) atoms. The van der Waals surface area contributed by atoms with E-state index < -0.39 is 0 Å². The Kier molecular flexibility index (Phi) is 2.53. The van der Waals surface area contributed by atoms with Gasteiger partial charge in [-0.3, -0.25) is 4.79 Å². The summed E-state index contributed by atoms with van der Waals surface area (Å²) in [6, 6.07) is 0.446. The molecule has 0 aromatic rings. The van der Waals surface area contributed by atoms with E-state index in [9.17, 15) is 4.79 Å². The zero-order chi connectivity index (χ0) is 8.43. The molecule has 0 radical (unpaired) electrons. The molecule has 2 heteroatoms. The fourth-order valence-electron chi connectivity index (χ4n) is 1.78. The first-order valence-corrected chi connectivity index (χ1v) is 4.40. The second kappa shape index (κ2) is 3.24. The van der Waals surface area contributed by atoms with Gasteiger partial charge in [-0.1, -0.05) is 6.92 Å². The first-order valence-electron chi connectivity index (χ1n) is 4.40. The minimum absolute atomic E-state index is 0.226. The average Bonchev–Trinajstić information content (AvgIpc) is 1.94. The number of amides is 1. The van der Waals surface area contributed by atoms with Crippen molar-refractivity contribution in [3.8, 4) is 0 Å². The molecule has 0 spiro atoms. The topological polar surface area (TPSA) is 20.3 Å². The van der Waals surface area contributed by atoms with Gasteiger partial charge in [0, 0.05) is 19.5 Å². The van der Waals surface area contributed by atoms with Crippen LogP contribution in [-0.4, -0.2) is 23.4 Å². The molecule has 2 atom stereocenters. The highest BCUT2D eigenvalue weighted by molar-refractivity contribution is 5.73. The van der Waals surface area contributed by atoms with Crippen molar-refractivity contribution in [2.75, 3.05) is 6.54 Å². The Morgan fingerprint density at radius 2 is 2.09 bits per heavy atom. The van der Waals surface area contributed by atoms with Crippen molar-refractivity contribution in [3.05, 3.63) is 0 Å². The molecule has 1 fully saturated rings. The number of nitrogens with zero attached hydrogens (tertiary/aromatic N) is 1. The van der Waals surface area contributed by atoms with Crippen molar-refractivity contribution in [2.24, 2.45) is 5.92 Å². The summed E-state index contributed by atoms with van der Waals surface area (Å²) in [6.07, 6.45) is 2.44. The number of carbonyl (C=O) groups is 1. The Morgan fingerprint density at radius 3 is 2.55 bits per heavy atom. The number of likely N-dealkylation sites (tertiary alicyclic amines) is 1. The van der Waals surface area contributed by atoms with Gasteiger partial charge in [0.2, 0.25) is 5.91 Å². The Balaban J connectivity index is 2.58. The van der Waals surface area contributed by atoms with Crippen LogP contribution in [0, 0.1) is 5.92 Å². The van der Waals surface area contributed by atoms with E-state index in [0.29, 0.717) is 12.0 Å².